The topological polar surface area (TPSA) is 168 Å². The molecule has 12 nitrogen and oxygen atoms in total. The average molecular weight is 893 g/mol. The highest BCUT2D eigenvalue weighted by Gasteiger charge is 2.40. The number of amidine groups is 1. The Morgan fingerprint density at radius 1 is 0.812 bits per heavy atom. The van der Waals surface area contributed by atoms with Gasteiger partial charge in [0, 0.05) is 16.7 Å². The summed E-state index contributed by atoms with van der Waals surface area (Å²) in [6, 6.07) is 18.6. The molecule has 6 unspecified atom stereocenters. The summed E-state index contributed by atoms with van der Waals surface area (Å²) in [7, 11) is 0. The highest BCUT2D eigenvalue weighted by atomic mass is 32.2. The Morgan fingerprint density at radius 3 is 1.84 bits per heavy atom. The molecule has 6 atom stereocenters. The number of carbonyl (C=O) groups is 4. The number of ether oxygens (including phenoxy) is 3. The normalized spacial score (nSPS) is 26.2. The summed E-state index contributed by atoms with van der Waals surface area (Å²) >= 11 is 1.20. The number of anilines is 1. The maximum Gasteiger partial charge on any atom is 0.342 e. The van der Waals surface area contributed by atoms with E-state index in [1.54, 1.807) is 26.8 Å². The lowest BCUT2D eigenvalue weighted by molar-refractivity contribution is -0.152. The smallest absolute Gasteiger partial charge is 0.342 e. The first-order chi connectivity index (χ1) is 30.5. The fourth-order valence-electron chi connectivity index (χ4n) is 9.89. The quantitative estimate of drug-likeness (QED) is 0.0700. The van der Waals surface area contributed by atoms with Gasteiger partial charge in [-0.3, -0.25) is 9.59 Å². The number of aromatic amines is 1. The third-order valence-corrected chi connectivity index (χ3v) is 13.7. The number of aromatic nitrogens is 1. The number of aliphatic imine (C=N–C) groups is 1. The zero-order valence-electron chi connectivity index (χ0n) is 38.5. The van der Waals surface area contributed by atoms with Gasteiger partial charge in [-0.15, -0.1) is 11.8 Å². The molecule has 1 aliphatic heterocycles. The van der Waals surface area contributed by atoms with Gasteiger partial charge in [-0.25, -0.2) is 14.6 Å². The van der Waals surface area contributed by atoms with Crippen LogP contribution in [0.25, 0.3) is 22.8 Å². The van der Waals surface area contributed by atoms with E-state index in [9.17, 15) is 24.3 Å². The van der Waals surface area contributed by atoms with Gasteiger partial charge in [0.1, 0.15) is 47.2 Å². The van der Waals surface area contributed by atoms with E-state index in [1.807, 2.05) is 60.7 Å². The molecule has 2 aliphatic carbocycles. The van der Waals surface area contributed by atoms with Crippen LogP contribution >= 0.6 is 11.8 Å². The first-order valence-electron chi connectivity index (χ1n) is 22.5. The van der Waals surface area contributed by atoms with Crippen molar-refractivity contribution in [3.63, 3.8) is 0 Å². The lowest BCUT2D eigenvalue weighted by Crippen LogP contribution is -2.40. The lowest BCUT2D eigenvalue weighted by Gasteiger charge is -2.37. The van der Waals surface area contributed by atoms with Gasteiger partial charge in [-0.1, -0.05) is 109 Å². The Balaban J connectivity index is 1.56. The van der Waals surface area contributed by atoms with E-state index in [-0.39, 0.29) is 64.2 Å². The van der Waals surface area contributed by atoms with Crippen LogP contribution in [0.2, 0.25) is 0 Å². The Kier molecular flexibility index (Phi) is 15.9. The molecule has 2 amide bonds. The predicted molar refractivity (Wildman–Crippen MR) is 254 cm³/mol. The van der Waals surface area contributed by atoms with Crippen molar-refractivity contribution in [3.05, 3.63) is 101 Å². The molecule has 2 aromatic carbocycles. The van der Waals surface area contributed by atoms with Crippen LogP contribution < -0.4 is 10.6 Å². The minimum atomic E-state index is -0.659. The molecular formula is C51H64N4O8S. The monoisotopic (exact) mass is 892 g/mol. The van der Waals surface area contributed by atoms with E-state index in [0.29, 0.717) is 45.5 Å². The van der Waals surface area contributed by atoms with Gasteiger partial charge < -0.3 is 34.9 Å². The van der Waals surface area contributed by atoms with Crippen LogP contribution in [0.1, 0.15) is 110 Å². The number of aliphatic hydroxyl groups is 1. The minimum Gasteiger partial charge on any atom is -0.458 e. The number of esters is 2. The number of hydrogen-bond acceptors (Lipinski definition) is 10. The number of nitrogens with one attached hydrogen (secondary N) is 3. The number of H-pyrrole nitrogens is 1. The minimum absolute atomic E-state index is 0.00753. The van der Waals surface area contributed by atoms with Crippen molar-refractivity contribution in [1.82, 2.24) is 10.3 Å². The summed E-state index contributed by atoms with van der Waals surface area (Å²) in [5, 5.41) is 14.5. The van der Waals surface area contributed by atoms with Crippen LogP contribution in [0.5, 0.6) is 0 Å². The molecule has 6 rings (SSSR count). The molecule has 2 fully saturated rings. The molecule has 3 aliphatic rings. The number of aliphatic hydroxyl groups excluding tert-OH is 1. The molecule has 13 heteroatoms. The fourth-order valence-corrected chi connectivity index (χ4v) is 10.8. The molecule has 0 saturated heterocycles. The van der Waals surface area contributed by atoms with Gasteiger partial charge in [-0.2, -0.15) is 0 Å². The van der Waals surface area contributed by atoms with Crippen LogP contribution in [-0.4, -0.2) is 69.4 Å². The van der Waals surface area contributed by atoms with Gasteiger partial charge in [0.15, 0.2) is 0 Å². The van der Waals surface area contributed by atoms with Gasteiger partial charge in [0.2, 0.25) is 5.91 Å². The second-order valence-corrected chi connectivity index (χ2v) is 19.9. The number of nitrogens with zero attached hydrogens (tertiary/aromatic N) is 1. The van der Waals surface area contributed by atoms with E-state index in [1.165, 1.54) is 11.8 Å². The largest absolute Gasteiger partial charge is 0.458 e. The summed E-state index contributed by atoms with van der Waals surface area (Å²) in [4.78, 5) is 65.2. The van der Waals surface area contributed by atoms with Gasteiger partial charge in [-0.05, 0) is 99.2 Å². The molecule has 64 heavy (non-hydrogen) atoms. The van der Waals surface area contributed by atoms with Crippen LogP contribution in [0.4, 0.5) is 5.82 Å². The van der Waals surface area contributed by atoms with Gasteiger partial charge >= 0.3 is 11.9 Å². The van der Waals surface area contributed by atoms with Crippen molar-refractivity contribution in [2.45, 2.75) is 111 Å². The number of carbonyl (C=O) groups excluding carboxylic acids is 4. The van der Waals surface area contributed by atoms with E-state index in [4.69, 9.17) is 19.2 Å². The van der Waals surface area contributed by atoms with E-state index < -0.39 is 41.2 Å². The Labute approximate surface area is 381 Å². The second kappa shape index (κ2) is 21.2. The molecule has 3 aromatic rings. The van der Waals surface area contributed by atoms with Crippen LogP contribution in [0, 0.1) is 35.5 Å². The van der Waals surface area contributed by atoms with Crippen LogP contribution in [-0.2, 0) is 28.6 Å². The summed E-state index contributed by atoms with van der Waals surface area (Å²) in [6.07, 6.45) is 4.64. The third kappa shape index (κ3) is 11.2. The Morgan fingerprint density at radius 2 is 1.33 bits per heavy atom. The highest BCUT2D eigenvalue weighted by Crippen LogP contribution is 2.43. The van der Waals surface area contributed by atoms with E-state index in [0.717, 1.165) is 25.7 Å². The summed E-state index contributed by atoms with van der Waals surface area (Å²) in [5.74, 6) is -0.633. The van der Waals surface area contributed by atoms with Crippen molar-refractivity contribution < 1.29 is 38.5 Å². The second-order valence-electron chi connectivity index (χ2n) is 18.3. The summed E-state index contributed by atoms with van der Waals surface area (Å²) < 4.78 is 18.1. The fraction of sp³-hybridized carbons (Fsp3) is 0.471. The van der Waals surface area contributed by atoms with Gasteiger partial charge in [0.25, 0.3) is 5.91 Å². The zero-order chi connectivity index (χ0) is 46.4. The Hall–Kier alpha value is -5.24. The number of allylic oxidation sites excluding steroid dienone is 1. The Bertz CT molecular complexity index is 2280. The van der Waals surface area contributed by atoms with Gasteiger partial charge in [0.05, 0.1) is 16.6 Å². The molecule has 2 heterocycles. The molecule has 342 valence electrons. The zero-order valence-corrected chi connectivity index (χ0v) is 39.3. The van der Waals surface area contributed by atoms with Crippen molar-refractivity contribution >= 4 is 58.8 Å². The summed E-state index contributed by atoms with van der Waals surface area (Å²) in [6.45, 7) is 21.2. The maximum absolute atomic E-state index is 14.9. The molecule has 0 bridgehead atoms. The van der Waals surface area contributed by atoms with Crippen LogP contribution in [0.15, 0.2) is 89.1 Å². The molecule has 4 N–H and O–H groups in total. The number of amides is 2. The molecule has 2 saturated carbocycles. The van der Waals surface area contributed by atoms with Crippen molar-refractivity contribution in [2.75, 3.05) is 12.1 Å². The van der Waals surface area contributed by atoms with E-state index >= 15 is 0 Å². The third-order valence-electron chi connectivity index (χ3n) is 12.6. The molecule has 0 spiro atoms. The number of rotatable bonds is 14. The van der Waals surface area contributed by atoms with Crippen LogP contribution in [0.3, 0.4) is 0 Å². The average Bonchev–Trinajstić information content (AvgIpc) is 3.78. The van der Waals surface area contributed by atoms with Crippen molar-refractivity contribution in [3.8, 4) is 11.1 Å². The van der Waals surface area contributed by atoms with E-state index in [2.05, 4.69) is 63.7 Å². The number of benzene rings is 2. The van der Waals surface area contributed by atoms with Crippen molar-refractivity contribution in [2.24, 2.45) is 40.5 Å². The first-order valence-corrected chi connectivity index (χ1v) is 23.4. The SMILES string of the molecule is C=C(C)C(=O)NC1=NC(=Cc2[nH]c(NC(=O)C(C)SC(C)OCO)c(C(=O)OC3C(C)CC(C)CC3C)c2-c2ccccc2)C(c2ccccc2)=C1C(=O)OC1C(C)CC(C)CC1C. The number of hydrogen-bond donors (Lipinski definition) is 4. The molecule has 1 aromatic heterocycles. The lowest BCUT2D eigenvalue weighted by atomic mass is 9.75. The summed E-state index contributed by atoms with van der Waals surface area (Å²) in [5.41, 5.74) is 2.78. The molecule has 0 radical (unpaired) electrons. The molecular weight excluding hydrogens is 829 g/mol. The highest BCUT2D eigenvalue weighted by molar-refractivity contribution is 8.01. The standard InChI is InChI=1S/C51H64N4O8S/c1-27(2)48(57)54-46-42(50(59)62-44-30(5)21-28(3)22-31(44)6)40(36-17-13-11-14-18-36)38(52-46)25-39-41(37-19-15-12-16-20-37)43(51(60)63-45-32(7)23-29(4)24-33(45)8)47(53-39)55-49(58)34(9)64-35(10)61-26-56/h11-20,25,28-35,44-45,53,56H,1,21-24,26H2,2-10H3,(H,55,58)(H,52,54,57). The first kappa shape index (κ1) is 48.2. The van der Waals surface area contributed by atoms with Crippen molar-refractivity contribution in [1.29, 1.82) is 0 Å². The maximum atomic E-state index is 14.9. The predicted octanol–water partition coefficient (Wildman–Crippen LogP) is 9.79. The number of thioether (sulfide) groups is 1.